The molecule has 0 saturated carbocycles. The van der Waals surface area contributed by atoms with E-state index in [0.717, 1.165) is 21.9 Å². The molecule has 0 aliphatic rings. The summed E-state index contributed by atoms with van der Waals surface area (Å²) in [6.07, 6.45) is 0.738. The van der Waals surface area contributed by atoms with Crippen LogP contribution in [0.1, 0.15) is 43.9 Å². The van der Waals surface area contributed by atoms with Crippen LogP contribution in [0.15, 0.2) is 77.7 Å². The summed E-state index contributed by atoms with van der Waals surface area (Å²) >= 11 is 6.37. The van der Waals surface area contributed by atoms with Crippen molar-refractivity contribution >= 4 is 39.1 Å². The Morgan fingerprint density at radius 3 is 2.18 bits per heavy atom. The summed E-state index contributed by atoms with van der Waals surface area (Å²) in [5.41, 5.74) is 2.55. The molecule has 3 aromatic rings. The molecule has 0 spiro atoms. The predicted octanol–water partition coefficient (Wildman–Crippen LogP) is 5.48. The van der Waals surface area contributed by atoms with E-state index >= 15 is 0 Å². The highest BCUT2D eigenvalue weighted by atomic mass is 35.5. The number of benzene rings is 3. The third-order valence-electron chi connectivity index (χ3n) is 6.76. The Morgan fingerprint density at radius 1 is 0.923 bits per heavy atom. The number of carbonyl (C=O) groups excluding carboxylic acids is 2. The zero-order chi connectivity index (χ0) is 28.7. The van der Waals surface area contributed by atoms with Crippen LogP contribution in [0.4, 0.5) is 5.69 Å². The quantitative estimate of drug-likeness (QED) is 0.331. The van der Waals surface area contributed by atoms with E-state index < -0.39 is 28.5 Å². The number of aryl methyl sites for hydroxylation is 1. The third kappa shape index (κ3) is 7.40. The molecule has 0 radical (unpaired) electrons. The van der Waals surface area contributed by atoms with Crippen molar-refractivity contribution in [2.75, 3.05) is 10.8 Å². The first-order valence-electron chi connectivity index (χ1n) is 12.9. The number of halogens is 1. The second kappa shape index (κ2) is 13.1. The van der Waals surface area contributed by atoms with Crippen LogP contribution in [0.25, 0.3) is 0 Å². The van der Waals surface area contributed by atoms with Gasteiger partial charge in [-0.05, 0) is 69.5 Å². The highest BCUT2D eigenvalue weighted by Gasteiger charge is 2.33. The molecule has 1 N–H and O–H groups in total. The van der Waals surface area contributed by atoms with Gasteiger partial charge in [-0.25, -0.2) is 8.42 Å². The summed E-state index contributed by atoms with van der Waals surface area (Å²) in [4.78, 5) is 28.5. The van der Waals surface area contributed by atoms with Gasteiger partial charge in [0.2, 0.25) is 11.8 Å². The first-order valence-corrected chi connectivity index (χ1v) is 14.8. The van der Waals surface area contributed by atoms with E-state index in [-0.39, 0.29) is 23.4 Å². The SMILES string of the molecule is CC[C@@H](C)NC(=O)[C@H](C)N(Cc1ccccc1)C(=O)CN(c1cccc(Cl)c1C)S(=O)(=O)c1ccc(C)cc1. The first kappa shape index (κ1) is 30.2. The van der Waals surface area contributed by atoms with Crippen LogP contribution in [0.3, 0.4) is 0 Å². The molecule has 2 amide bonds. The lowest BCUT2D eigenvalue weighted by molar-refractivity contribution is -0.139. The van der Waals surface area contributed by atoms with Gasteiger partial charge in [-0.15, -0.1) is 0 Å². The van der Waals surface area contributed by atoms with Crippen molar-refractivity contribution in [3.8, 4) is 0 Å². The van der Waals surface area contributed by atoms with Crippen molar-refractivity contribution < 1.29 is 18.0 Å². The Kier molecular flexibility index (Phi) is 10.2. The number of anilines is 1. The van der Waals surface area contributed by atoms with Gasteiger partial charge in [0.1, 0.15) is 12.6 Å². The number of nitrogens with zero attached hydrogens (tertiary/aromatic N) is 2. The Hall–Kier alpha value is -3.36. The fraction of sp³-hybridized carbons (Fsp3) is 0.333. The molecule has 0 heterocycles. The third-order valence-corrected chi connectivity index (χ3v) is 8.94. The molecule has 3 rings (SSSR count). The molecule has 208 valence electrons. The minimum atomic E-state index is -4.15. The Bertz CT molecular complexity index is 1400. The van der Waals surface area contributed by atoms with Crippen LogP contribution in [-0.2, 0) is 26.2 Å². The lowest BCUT2D eigenvalue weighted by Crippen LogP contribution is -2.52. The Balaban J connectivity index is 2.05. The molecule has 2 atom stereocenters. The summed E-state index contributed by atoms with van der Waals surface area (Å²) in [5.74, 6) is -0.818. The largest absolute Gasteiger partial charge is 0.352 e. The van der Waals surface area contributed by atoms with Gasteiger partial charge in [0.05, 0.1) is 10.6 Å². The summed E-state index contributed by atoms with van der Waals surface area (Å²) in [5, 5.41) is 3.31. The normalized spacial score (nSPS) is 12.9. The molecule has 3 aromatic carbocycles. The van der Waals surface area contributed by atoms with Gasteiger partial charge in [0.25, 0.3) is 10.0 Å². The van der Waals surface area contributed by atoms with Gasteiger partial charge < -0.3 is 10.2 Å². The van der Waals surface area contributed by atoms with Gasteiger partial charge >= 0.3 is 0 Å². The summed E-state index contributed by atoms with van der Waals surface area (Å²) in [6, 6.07) is 19.8. The fourth-order valence-corrected chi connectivity index (χ4v) is 5.69. The fourth-order valence-electron chi connectivity index (χ4n) is 4.05. The molecule has 0 bridgehead atoms. The van der Waals surface area contributed by atoms with Gasteiger partial charge in [0, 0.05) is 17.6 Å². The lowest BCUT2D eigenvalue weighted by Gasteiger charge is -2.33. The maximum atomic E-state index is 14.0. The molecule has 0 aliphatic heterocycles. The van der Waals surface area contributed by atoms with Gasteiger partial charge in [-0.2, -0.15) is 0 Å². The highest BCUT2D eigenvalue weighted by Crippen LogP contribution is 2.31. The number of carbonyl (C=O) groups is 2. The summed E-state index contributed by atoms with van der Waals surface area (Å²) < 4.78 is 29.0. The minimum absolute atomic E-state index is 0.0532. The molecule has 9 heteroatoms. The Morgan fingerprint density at radius 2 is 1.56 bits per heavy atom. The standard InChI is InChI=1S/C30H36ClN3O4S/c1-6-22(3)32-30(36)24(5)33(19-25-11-8-7-9-12-25)29(35)20-34(28-14-10-13-27(31)23(28)4)39(37,38)26-17-15-21(2)16-18-26/h7-18,22,24H,6,19-20H2,1-5H3,(H,32,36)/t22-,24+/m1/s1. The van der Waals surface area contributed by atoms with Crippen molar-refractivity contribution in [3.05, 3.63) is 94.5 Å². The Labute approximate surface area is 236 Å². The van der Waals surface area contributed by atoms with Crippen molar-refractivity contribution in [3.63, 3.8) is 0 Å². The molecular weight excluding hydrogens is 534 g/mol. The number of nitrogens with one attached hydrogen (secondary N) is 1. The molecule has 0 aromatic heterocycles. The highest BCUT2D eigenvalue weighted by molar-refractivity contribution is 7.92. The zero-order valence-corrected chi connectivity index (χ0v) is 24.6. The second-order valence-electron chi connectivity index (χ2n) is 9.71. The van der Waals surface area contributed by atoms with E-state index in [4.69, 9.17) is 11.6 Å². The maximum absolute atomic E-state index is 14.0. The molecule has 0 saturated heterocycles. The van der Waals surface area contributed by atoms with E-state index in [1.165, 1.54) is 17.0 Å². The molecule has 39 heavy (non-hydrogen) atoms. The van der Waals surface area contributed by atoms with E-state index in [9.17, 15) is 18.0 Å². The lowest BCUT2D eigenvalue weighted by atomic mass is 10.1. The van der Waals surface area contributed by atoms with Crippen molar-refractivity contribution in [1.82, 2.24) is 10.2 Å². The average Bonchev–Trinajstić information content (AvgIpc) is 2.92. The predicted molar refractivity (Wildman–Crippen MR) is 156 cm³/mol. The average molecular weight is 570 g/mol. The van der Waals surface area contributed by atoms with E-state index in [1.54, 1.807) is 44.2 Å². The van der Waals surface area contributed by atoms with Crippen molar-refractivity contribution in [1.29, 1.82) is 0 Å². The van der Waals surface area contributed by atoms with Crippen LogP contribution >= 0.6 is 11.6 Å². The summed E-state index contributed by atoms with van der Waals surface area (Å²) in [6.45, 7) is 8.72. The number of rotatable bonds is 11. The van der Waals surface area contributed by atoms with Crippen molar-refractivity contribution in [2.45, 2.75) is 64.6 Å². The first-order chi connectivity index (χ1) is 18.4. The van der Waals surface area contributed by atoms with E-state index in [1.807, 2.05) is 51.1 Å². The zero-order valence-electron chi connectivity index (χ0n) is 23.0. The molecule has 0 aliphatic carbocycles. The van der Waals surface area contributed by atoms with Crippen LogP contribution in [0, 0.1) is 13.8 Å². The topological polar surface area (TPSA) is 86.8 Å². The summed E-state index contributed by atoms with van der Waals surface area (Å²) in [7, 11) is -4.15. The molecule has 0 fully saturated rings. The smallest absolute Gasteiger partial charge is 0.264 e. The number of amides is 2. The number of sulfonamides is 1. The maximum Gasteiger partial charge on any atom is 0.264 e. The van der Waals surface area contributed by atoms with Gasteiger partial charge in [-0.3, -0.25) is 13.9 Å². The number of hydrogen-bond donors (Lipinski definition) is 1. The monoisotopic (exact) mass is 569 g/mol. The van der Waals surface area contributed by atoms with Gasteiger partial charge in [-0.1, -0.05) is 72.6 Å². The number of hydrogen-bond acceptors (Lipinski definition) is 4. The molecule has 7 nitrogen and oxygen atoms in total. The van der Waals surface area contributed by atoms with Crippen LogP contribution in [0.5, 0.6) is 0 Å². The van der Waals surface area contributed by atoms with Crippen LogP contribution < -0.4 is 9.62 Å². The van der Waals surface area contributed by atoms with E-state index in [2.05, 4.69) is 5.32 Å². The second-order valence-corrected chi connectivity index (χ2v) is 12.0. The van der Waals surface area contributed by atoms with E-state index in [0.29, 0.717) is 16.3 Å². The van der Waals surface area contributed by atoms with Crippen LogP contribution in [0.2, 0.25) is 5.02 Å². The molecule has 0 unspecified atom stereocenters. The molecular formula is C30H36ClN3O4S. The van der Waals surface area contributed by atoms with Gasteiger partial charge in [0.15, 0.2) is 0 Å². The minimum Gasteiger partial charge on any atom is -0.352 e. The van der Waals surface area contributed by atoms with Crippen molar-refractivity contribution in [2.24, 2.45) is 0 Å². The van der Waals surface area contributed by atoms with Crippen LogP contribution in [-0.4, -0.2) is 43.8 Å².